The molecule has 2 aromatic heterocycles. The van der Waals surface area contributed by atoms with Crippen molar-refractivity contribution in [1.29, 1.82) is 0 Å². The molecule has 0 amide bonds. The number of nitrogens with zero attached hydrogens (tertiary/aromatic N) is 3. The highest BCUT2D eigenvalue weighted by atomic mass is 32.1. The van der Waals surface area contributed by atoms with Crippen molar-refractivity contribution >= 4 is 45.6 Å². The van der Waals surface area contributed by atoms with Crippen LogP contribution in [0.1, 0.15) is 23.0 Å². The molecule has 0 aliphatic carbocycles. The molecule has 2 rings (SSSR count). The van der Waals surface area contributed by atoms with Crippen LogP contribution in [0, 0.1) is 0 Å². The van der Waals surface area contributed by atoms with E-state index in [1.807, 2.05) is 11.9 Å². The summed E-state index contributed by atoms with van der Waals surface area (Å²) in [6.45, 7) is 3.01. The number of carbonyl (C=O) groups is 1. The molecule has 0 atom stereocenters. The van der Waals surface area contributed by atoms with Crippen LogP contribution in [-0.2, 0) is 0 Å². The summed E-state index contributed by atoms with van der Waals surface area (Å²) in [5.41, 5.74) is 7.16. The van der Waals surface area contributed by atoms with Gasteiger partial charge in [-0.3, -0.25) is 4.79 Å². The molecule has 19 heavy (non-hydrogen) atoms. The van der Waals surface area contributed by atoms with E-state index in [1.165, 1.54) is 11.3 Å². The molecular formula is C13H16N4OS. The Balaban J connectivity index is 2.48. The van der Waals surface area contributed by atoms with Crippen molar-refractivity contribution < 1.29 is 4.79 Å². The summed E-state index contributed by atoms with van der Waals surface area (Å²) < 4.78 is 0. The number of pyridine rings is 1. The van der Waals surface area contributed by atoms with Crippen molar-refractivity contribution in [3.8, 4) is 0 Å². The number of aliphatic imine (C=N–C) groups is 1. The first-order chi connectivity index (χ1) is 9.17. The van der Waals surface area contributed by atoms with E-state index in [0.29, 0.717) is 16.3 Å². The van der Waals surface area contributed by atoms with Gasteiger partial charge in [0.25, 0.3) is 0 Å². The van der Waals surface area contributed by atoms with Gasteiger partial charge < -0.3 is 10.6 Å². The van der Waals surface area contributed by atoms with Gasteiger partial charge in [-0.25, -0.2) is 9.98 Å². The number of anilines is 1. The lowest BCUT2D eigenvalue weighted by Gasteiger charge is -2.10. The van der Waals surface area contributed by atoms with Gasteiger partial charge in [0.05, 0.1) is 22.3 Å². The predicted molar refractivity (Wildman–Crippen MR) is 80.5 cm³/mol. The van der Waals surface area contributed by atoms with Crippen LogP contribution in [0.25, 0.3) is 10.2 Å². The smallest absolute Gasteiger partial charge is 0.162 e. The minimum absolute atomic E-state index is 0.557. The monoisotopic (exact) mass is 276 g/mol. The van der Waals surface area contributed by atoms with E-state index in [-0.39, 0.29) is 0 Å². The van der Waals surface area contributed by atoms with Crippen LogP contribution in [0.15, 0.2) is 17.3 Å². The second-order valence-electron chi connectivity index (χ2n) is 4.24. The number of hydrogen-bond acceptors (Lipinski definition) is 5. The molecule has 2 heterocycles. The lowest BCUT2D eigenvalue weighted by molar-refractivity contribution is 0.112. The Labute approximate surface area is 115 Å². The first-order valence-corrected chi connectivity index (χ1v) is 6.85. The summed E-state index contributed by atoms with van der Waals surface area (Å²) in [6, 6.07) is 1.72. The molecule has 0 fully saturated rings. The highest BCUT2D eigenvalue weighted by molar-refractivity contribution is 7.21. The van der Waals surface area contributed by atoms with Gasteiger partial charge in [0, 0.05) is 25.5 Å². The SMILES string of the molecule is CCCN(C)C=Nc1c(C=O)sc2nccc(N)c12. The Morgan fingerprint density at radius 3 is 3.05 bits per heavy atom. The number of nitrogens with two attached hydrogens (primary N) is 1. The molecule has 0 aliphatic rings. The number of rotatable bonds is 5. The van der Waals surface area contributed by atoms with Crippen LogP contribution in [0.4, 0.5) is 11.4 Å². The van der Waals surface area contributed by atoms with Gasteiger partial charge in [-0.2, -0.15) is 0 Å². The maximum absolute atomic E-state index is 11.1. The molecule has 6 heteroatoms. The standard InChI is InChI=1S/C13H16N4OS/c1-3-6-17(2)8-16-12-10(7-18)19-13-11(12)9(14)4-5-15-13/h4-5,7-8H,3,6H2,1-2H3,(H2,14,15). The lowest BCUT2D eigenvalue weighted by Crippen LogP contribution is -2.16. The van der Waals surface area contributed by atoms with Crippen LogP contribution in [0.2, 0.25) is 0 Å². The van der Waals surface area contributed by atoms with Crippen LogP contribution in [-0.4, -0.2) is 36.1 Å². The largest absolute Gasteiger partial charge is 0.398 e. The van der Waals surface area contributed by atoms with Crippen molar-refractivity contribution in [2.45, 2.75) is 13.3 Å². The third-order valence-corrected chi connectivity index (χ3v) is 3.70. The number of thiophene rings is 1. The normalized spacial score (nSPS) is 11.3. The fraction of sp³-hybridized carbons (Fsp3) is 0.308. The Bertz CT molecular complexity index is 620. The van der Waals surface area contributed by atoms with Crippen molar-refractivity contribution in [3.05, 3.63) is 17.1 Å². The number of hydrogen-bond donors (Lipinski definition) is 1. The maximum atomic E-state index is 11.1. The van der Waals surface area contributed by atoms with Crippen molar-refractivity contribution in [2.24, 2.45) is 4.99 Å². The van der Waals surface area contributed by atoms with Gasteiger partial charge in [0.1, 0.15) is 4.83 Å². The fourth-order valence-electron chi connectivity index (χ4n) is 1.82. The summed E-state index contributed by atoms with van der Waals surface area (Å²) in [6.07, 6.45) is 5.21. The van der Waals surface area contributed by atoms with Crippen LogP contribution < -0.4 is 5.73 Å². The highest BCUT2D eigenvalue weighted by Gasteiger charge is 2.14. The summed E-state index contributed by atoms with van der Waals surface area (Å²) in [4.78, 5) is 23.0. The highest BCUT2D eigenvalue weighted by Crippen LogP contribution is 2.38. The van der Waals surface area contributed by atoms with Crippen molar-refractivity contribution in [3.63, 3.8) is 0 Å². The van der Waals surface area contributed by atoms with E-state index in [0.717, 1.165) is 29.5 Å². The third-order valence-electron chi connectivity index (χ3n) is 2.69. The number of aldehydes is 1. The molecule has 0 bridgehead atoms. The molecule has 0 spiro atoms. The molecule has 0 aliphatic heterocycles. The number of nitrogen functional groups attached to an aromatic ring is 1. The molecule has 100 valence electrons. The number of carbonyl (C=O) groups excluding carboxylic acids is 1. The molecule has 0 saturated carbocycles. The molecule has 0 radical (unpaired) electrons. The second kappa shape index (κ2) is 5.79. The number of fused-ring (bicyclic) bond motifs is 1. The van der Waals surface area contributed by atoms with E-state index >= 15 is 0 Å². The molecule has 5 nitrogen and oxygen atoms in total. The van der Waals surface area contributed by atoms with E-state index in [9.17, 15) is 4.79 Å². The van der Waals surface area contributed by atoms with Crippen LogP contribution >= 0.6 is 11.3 Å². The van der Waals surface area contributed by atoms with E-state index in [2.05, 4.69) is 16.9 Å². The van der Waals surface area contributed by atoms with E-state index in [4.69, 9.17) is 5.73 Å². The first-order valence-electron chi connectivity index (χ1n) is 6.04. The van der Waals surface area contributed by atoms with Gasteiger partial charge in [0.15, 0.2) is 6.29 Å². The van der Waals surface area contributed by atoms with Crippen molar-refractivity contribution in [2.75, 3.05) is 19.3 Å². The Hall–Kier alpha value is -1.95. The quantitative estimate of drug-likeness (QED) is 0.518. The summed E-state index contributed by atoms with van der Waals surface area (Å²) in [5, 5.41) is 0.760. The first kappa shape index (κ1) is 13.5. The van der Waals surface area contributed by atoms with Gasteiger partial charge in [-0.05, 0) is 12.5 Å². The Morgan fingerprint density at radius 1 is 1.58 bits per heavy atom. The molecular weight excluding hydrogens is 260 g/mol. The molecule has 2 aromatic rings. The van der Waals surface area contributed by atoms with Gasteiger partial charge in [-0.1, -0.05) is 6.92 Å². The Morgan fingerprint density at radius 2 is 2.37 bits per heavy atom. The minimum Gasteiger partial charge on any atom is -0.398 e. The Kier molecular flexibility index (Phi) is 4.11. The summed E-state index contributed by atoms with van der Waals surface area (Å²) in [7, 11) is 1.95. The van der Waals surface area contributed by atoms with Gasteiger partial charge >= 0.3 is 0 Å². The van der Waals surface area contributed by atoms with Crippen LogP contribution in [0.5, 0.6) is 0 Å². The molecule has 0 aromatic carbocycles. The molecule has 0 unspecified atom stereocenters. The topological polar surface area (TPSA) is 71.6 Å². The second-order valence-corrected chi connectivity index (χ2v) is 5.27. The fourth-order valence-corrected chi connectivity index (χ4v) is 2.76. The predicted octanol–water partition coefficient (Wildman–Crippen LogP) is 2.69. The maximum Gasteiger partial charge on any atom is 0.162 e. The summed E-state index contributed by atoms with van der Waals surface area (Å²) in [5.74, 6) is 0. The van der Waals surface area contributed by atoms with E-state index < -0.39 is 0 Å². The number of aromatic nitrogens is 1. The third kappa shape index (κ3) is 2.73. The average molecular weight is 276 g/mol. The molecule has 0 saturated heterocycles. The minimum atomic E-state index is 0.557. The van der Waals surface area contributed by atoms with E-state index in [1.54, 1.807) is 18.6 Å². The van der Waals surface area contributed by atoms with Crippen molar-refractivity contribution in [1.82, 2.24) is 9.88 Å². The lowest BCUT2D eigenvalue weighted by atomic mass is 10.2. The zero-order chi connectivity index (χ0) is 13.8. The van der Waals surface area contributed by atoms with Gasteiger partial charge in [0.2, 0.25) is 0 Å². The average Bonchev–Trinajstić information content (AvgIpc) is 2.76. The molecule has 2 N–H and O–H groups in total. The zero-order valence-electron chi connectivity index (χ0n) is 11.0. The van der Waals surface area contributed by atoms with Crippen LogP contribution in [0.3, 0.4) is 0 Å². The summed E-state index contributed by atoms with van der Waals surface area (Å²) >= 11 is 1.31. The van der Waals surface area contributed by atoms with Gasteiger partial charge in [-0.15, -0.1) is 11.3 Å². The zero-order valence-corrected chi connectivity index (χ0v) is 11.8.